The minimum absolute atomic E-state index is 0.645. The lowest BCUT2D eigenvalue weighted by molar-refractivity contribution is 1.11. The van der Waals surface area contributed by atoms with Gasteiger partial charge in [0.15, 0.2) is 0 Å². The molecule has 0 saturated carbocycles. The van der Waals surface area contributed by atoms with E-state index in [1.807, 2.05) is 6.07 Å². The molecule has 1 aromatic carbocycles. The molecule has 1 aromatic heterocycles. The molecule has 0 spiro atoms. The number of anilines is 2. The molecule has 0 aliphatic rings. The van der Waals surface area contributed by atoms with Crippen LogP contribution in [-0.2, 0) is 6.54 Å². The van der Waals surface area contributed by atoms with Gasteiger partial charge in [-0.2, -0.15) is 0 Å². The minimum atomic E-state index is 0.645. The van der Waals surface area contributed by atoms with Gasteiger partial charge in [-0.05, 0) is 34.5 Å². The first-order valence-electron chi connectivity index (χ1n) is 5.35. The van der Waals surface area contributed by atoms with Crippen molar-refractivity contribution in [2.75, 3.05) is 11.1 Å². The third-order valence-electron chi connectivity index (χ3n) is 2.46. The van der Waals surface area contributed by atoms with Gasteiger partial charge in [-0.1, -0.05) is 29.8 Å². The number of benzene rings is 1. The summed E-state index contributed by atoms with van der Waals surface area (Å²) in [4.78, 5) is 4.23. The zero-order chi connectivity index (χ0) is 12.3. The maximum Gasteiger partial charge on any atom is 0.149 e. The molecule has 3 nitrogen and oxygen atoms in total. The summed E-state index contributed by atoms with van der Waals surface area (Å²) in [5, 5.41) is 3.22. The molecule has 0 saturated heterocycles. The molecule has 0 unspecified atom stereocenters. The Balaban J connectivity index is 2.04. The monoisotopic (exact) mass is 291 g/mol. The van der Waals surface area contributed by atoms with Crippen molar-refractivity contribution in [2.24, 2.45) is 0 Å². The van der Waals surface area contributed by atoms with Gasteiger partial charge in [-0.15, -0.1) is 0 Å². The summed E-state index contributed by atoms with van der Waals surface area (Å²) in [5.74, 6) is 0.716. The fourth-order valence-corrected chi connectivity index (χ4v) is 1.84. The van der Waals surface area contributed by atoms with E-state index in [-0.39, 0.29) is 0 Å². The fraction of sp³-hybridized carbons (Fsp3) is 0.154. The van der Waals surface area contributed by atoms with Gasteiger partial charge in [-0.3, -0.25) is 0 Å². The van der Waals surface area contributed by atoms with Crippen LogP contribution in [0.1, 0.15) is 11.1 Å². The molecule has 0 amide bonds. The minimum Gasteiger partial charge on any atom is -0.396 e. The van der Waals surface area contributed by atoms with Crippen molar-refractivity contribution in [2.45, 2.75) is 13.5 Å². The number of nitrogens with zero attached hydrogens (tertiary/aromatic N) is 1. The van der Waals surface area contributed by atoms with E-state index in [1.54, 1.807) is 6.20 Å². The Morgan fingerprint density at radius 3 is 2.65 bits per heavy atom. The number of hydrogen-bond donors (Lipinski definition) is 2. The van der Waals surface area contributed by atoms with Crippen molar-refractivity contribution in [1.29, 1.82) is 0 Å². The van der Waals surface area contributed by atoms with Crippen LogP contribution >= 0.6 is 15.9 Å². The highest BCUT2D eigenvalue weighted by atomic mass is 79.9. The molecule has 2 aromatic rings. The maximum atomic E-state index is 5.85. The summed E-state index contributed by atoms with van der Waals surface area (Å²) in [7, 11) is 0. The van der Waals surface area contributed by atoms with Gasteiger partial charge in [0.05, 0.1) is 5.69 Å². The highest BCUT2D eigenvalue weighted by Crippen LogP contribution is 2.20. The van der Waals surface area contributed by atoms with E-state index >= 15 is 0 Å². The number of halogens is 1. The first kappa shape index (κ1) is 11.9. The zero-order valence-corrected chi connectivity index (χ0v) is 11.2. The van der Waals surface area contributed by atoms with Crippen LogP contribution in [0.3, 0.4) is 0 Å². The molecular weight excluding hydrogens is 278 g/mol. The van der Waals surface area contributed by atoms with Crippen molar-refractivity contribution >= 4 is 27.4 Å². The lowest BCUT2D eigenvalue weighted by Gasteiger charge is -2.08. The average Bonchev–Trinajstić information content (AvgIpc) is 2.30. The van der Waals surface area contributed by atoms with Crippen LogP contribution in [-0.4, -0.2) is 4.98 Å². The molecule has 3 N–H and O–H groups in total. The molecule has 88 valence electrons. The van der Waals surface area contributed by atoms with Crippen molar-refractivity contribution < 1.29 is 0 Å². The van der Waals surface area contributed by atoms with Crippen molar-refractivity contribution in [3.63, 3.8) is 0 Å². The molecule has 0 fully saturated rings. The molecule has 0 radical (unpaired) electrons. The zero-order valence-electron chi connectivity index (χ0n) is 9.57. The molecular formula is C13H14BrN3. The summed E-state index contributed by atoms with van der Waals surface area (Å²) < 4.78 is 0.885. The van der Waals surface area contributed by atoms with E-state index in [0.29, 0.717) is 11.5 Å². The summed E-state index contributed by atoms with van der Waals surface area (Å²) in [6, 6.07) is 10.2. The smallest absolute Gasteiger partial charge is 0.149 e. The van der Waals surface area contributed by atoms with Crippen LogP contribution in [0.15, 0.2) is 41.0 Å². The Hall–Kier alpha value is -1.55. The molecule has 2 rings (SSSR count). The van der Waals surface area contributed by atoms with Gasteiger partial charge >= 0.3 is 0 Å². The van der Waals surface area contributed by atoms with E-state index < -0.39 is 0 Å². The number of aromatic nitrogens is 1. The number of aryl methyl sites for hydroxylation is 1. The van der Waals surface area contributed by atoms with Crippen LogP contribution in [0.2, 0.25) is 0 Å². The summed E-state index contributed by atoms with van der Waals surface area (Å²) in [5.41, 5.74) is 8.97. The van der Waals surface area contributed by atoms with Crippen molar-refractivity contribution in [3.05, 3.63) is 52.1 Å². The summed E-state index contributed by atoms with van der Waals surface area (Å²) in [6.45, 7) is 2.80. The number of rotatable bonds is 3. The lowest BCUT2D eigenvalue weighted by Crippen LogP contribution is -2.04. The van der Waals surface area contributed by atoms with Gasteiger partial charge in [-0.25, -0.2) is 4.98 Å². The van der Waals surface area contributed by atoms with Gasteiger partial charge in [0.1, 0.15) is 5.82 Å². The molecule has 4 heteroatoms. The first-order chi connectivity index (χ1) is 8.15. The second kappa shape index (κ2) is 5.19. The predicted molar refractivity (Wildman–Crippen MR) is 74.9 cm³/mol. The van der Waals surface area contributed by atoms with E-state index in [4.69, 9.17) is 5.73 Å². The quantitative estimate of drug-likeness (QED) is 0.912. The van der Waals surface area contributed by atoms with Crippen LogP contribution in [0.4, 0.5) is 11.5 Å². The number of nitrogen functional groups attached to an aromatic ring is 1. The molecule has 1 heterocycles. The predicted octanol–water partition coefficient (Wildman–Crippen LogP) is 3.35. The molecule has 0 aliphatic carbocycles. The number of hydrogen-bond acceptors (Lipinski definition) is 3. The second-order valence-corrected chi connectivity index (χ2v) is 4.85. The fourth-order valence-electron chi connectivity index (χ4n) is 1.49. The Morgan fingerprint density at radius 2 is 2.00 bits per heavy atom. The van der Waals surface area contributed by atoms with E-state index in [2.05, 4.69) is 57.4 Å². The van der Waals surface area contributed by atoms with Crippen LogP contribution < -0.4 is 11.1 Å². The third-order valence-corrected chi connectivity index (χ3v) is 2.90. The van der Waals surface area contributed by atoms with Gasteiger partial charge in [0.25, 0.3) is 0 Å². The normalized spacial score (nSPS) is 10.2. The maximum absolute atomic E-state index is 5.85. The Labute approximate surface area is 109 Å². The largest absolute Gasteiger partial charge is 0.396 e. The van der Waals surface area contributed by atoms with Gasteiger partial charge in [0.2, 0.25) is 0 Å². The number of nitrogens with one attached hydrogen (secondary N) is 1. The van der Waals surface area contributed by atoms with Gasteiger partial charge in [0, 0.05) is 17.2 Å². The van der Waals surface area contributed by atoms with Crippen molar-refractivity contribution in [1.82, 2.24) is 4.98 Å². The van der Waals surface area contributed by atoms with E-state index in [0.717, 1.165) is 11.0 Å². The van der Waals surface area contributed by atoms with Crippen LogP contribution in [0.5, 0.6) is 0 Å². The average molecular weight is 292 g/mol. The summed E-state index contributed by atoms with van der Waals surface area (Å²) in [6.07, 6.45) is 1.73. The van der Waals surface area contributed by atoms with E-state index in [1.165, 1.54) is 11.1 Å². The standard InChI is InChI=1S/C13H14BrN3/c1-9-2-4-10(5-3-9)7-16-13-12(15)6-11(14)8-17-13/h2-6,8H,7,15H2,1H3,(H,16,17). The Bertz CT molecular complexity index is 509. The van der Waals surface area contributed by atoms with Crippen LogP contribution in [0.25, 0.3) is 0 Å². The molecule has 0 bridgehead atoms. The highest BCUT2D eigenvalue weighted by Gasteiger charge is 2.01. The number of pyridine rings is 1. The topological polar surface area (TPSA) is 50.9 Å². The first-order valence-corrected chi connectivity index (χ1v) is 6.15. The summed E-state index contributed by atoms with van der Waals surface area (Å²) >= 11 is 3.33. The Morgan fingerprint density at radius 1 is 1.29 bits per heavy atom. The molecule has 0 atom stereocenters. The number of nitrogens with two attached hydrogens (primary N) is 1. The SMILES string of the molecule is Cc1ccc(CNc2ncc(Br)cc2N)cc1. The van der Waals surface area contributed by atoms with Crippen LogP contribution in [0, 0.1) is 6.92 Å². The van der Waals surface area contributed by atoms with Crippen molar-refractivity contribution in [3.8, 4) is 0 Å². The highest BCUT2D eigenvalue weighted by molar-refractivity contribution is 9.10. The Kier molecular flexibility index (Phi) is 3.64. The van der Waals surface area contributed by atoms with E-state index in [9.17, 15) is 0 Å². The third kappa shape index (κ3) is 3.20. The lowest BCUT2D eigenvalue weighted by atomic mass is 10.1. The molecule has 0 aliphatic heterocycles. The van der Waals surface area contributed by atoms with Gasteiger partial charge < -0.3 is 11.1 Å². The molecule has 17 heavy (non-hydrogen) atoms. The second-order valence-electron chi connectivity index (χ2n) is 3.93.